The maximum absolute atomic E-state index is 12.1. The Morgan fingerprint density at radius 3 is 2.63 bits per heavy atom. The van der Waals surface area contributed by atoms with E-state index in [1.807, 2.05) is 6.92 Å². The van der Waals surface area contributed by atoms with Crippen LogP contribution in [-0.4, -0.2) is 19.9 Å². The van der Waals surface area contributed by atoms with E-state index in [1.54, 1.807) is 0 Å². The van der Waals surface area contributed by atoms with Crippen LogP contribution >= 0.6 is 0 Å². The first-order chi connectivity index (χ1) is 8.73. The molecule has 0 bridgehead atoms. The van der Waals surface area contributed by atoms with Crippen LogP contribution in [0.3, 0.4) is 0 Å². The van der Waals surface area contributed by atoms with Crippen molar-refractivity contribution < 1.29 is 13.3 Å². The molecule has 0 amide bonds. The van der Waals surface area contributed by atoms with Gasteiger partial charge in [-0.25, -0.2) is 13.1 Å². The van der Waals surface area contributed by atoms with E-state index in [0.717, 1.165) is 18.9 Å². The Morgan fingerprint density at radius 1 is 1.47 bits per heavy atom. The molecule has 3 N–H and O–H groups in total. The minimum Gasteiger partial charge on any atom is -0.398 e. The first-order valence-electron chi connectivity index (χ1n) is 5.77. The van der Waals surface area contributed by atoms with E-state index < -0.39 is 14.9 Å². The molecule has 0 heterocycles. The second-order valence-electron chi connectivity index (χ2n) is 5.11. The maximum atomic E-state index is 12.1. The summed E-state index contributed by atoms with van der Waals surface area (Å²) in [4.78, 5) is 9.77. The molecular weight excluding hydrogens is 270 g/mol. The van der Waals surface area contributed by atoms with Crippen molar-refractivity contribution in [3.63, 3.8) is 0 Å². The number of nitrogens with two attached hydrogens (primary N) is 1. The highest BCUT2D eigenvalue weighted by Crippen LogP contribution is 2.44. The van der Waals surface area contributed by atoms with Crippen LogP contribution in [0.5, 0.6) is 0 Å². The van der Waals surface area contributed by atoms with Crippen LogP contribution in [0.4, 0.5) is 11.4 Å². The molecule has 1 aromatic carbocycles. The molecule has 1 fully saturated rings. The molecule has 7 nitrogen and oxygen atoms in total. The standard InChI is InChI=1S/C11H15N3O4S/c1-11(4-5-11)7-13-19(17,18)10-6-8(14(15)16)2-3-9(10)12/h2-3,6,13H,4-5,7,12H2,1H3. The number of anilines is 1. The van der Waals surface area contributed by atoms with E-state index in [4.69, 9.17) is 5.73 Å². The molecule has 0 radical (unpaired) electrons. The molecular formula is C11H15N3O4S. The van der Waals surface area contributed by atoms with E-state index >= 15 is 0 Å². The Morgan fingerprint density at radius 2 is 2.11 bits per heavy atom. The third-order valence-corrected chi connectivity index (χ3v) is 4.75. The third kappa shape index (κ3) is 3.02. The van der Waals surface area contributed by atoms with Gasteiger partial charge in [0, 0.05) is 18.7 Å². The zero-order chi connectivity index (χ0) is 14.3. The Kier molecular flexibility index (Phi) is 3.23. The summed E-state index contributed by atoms with van der Waals surface area (Å²) in [5.41, 5.74) is 5.29. The molecule has 1 saturated carbocycles. The number of hydrogen-bond donors (Lipinski definition) is 2. The second-order valence-corrected chi connectivity index (χ2v) is 6.85. The van der Waals surface area contributed by atoms with E-state index in [2.05, 4.69) is 4.72 Å². The van der Waals surface area contributed by atoms with Crippen molar-refractivity contribution in [1.82, 2.24) is 4.72 Å². The lowest BCUT2D eigenvalue weighted by atomic mass is 10.2. The number of non-ortho nitro benzene ring substituents is 1. The summed E-state index contributed by atoms with van der Waals surface area (Å²) in [7, 11) is -3.82. The fourth-order valence-electron chi connectivity index (χ4n) is 1.61. The van der Waals surface area contributed by atoms with Gasteiger partial charge in [0.05, 0.1) is 10.6 Å². The smallest absolute Gasteiger partial charge is 0.270 e. The molecule has 8 heteroatoms. The average molecular weight is 285 g/mol. The predicted molar refractivity (Wildman–Crippen MR) is 70.0 cm³/mol. The number of sulfonamides is 1. The molecule has 1 aliphatic carbocycles. The third-order valence-electron chi connectivity index (χ3n) is 3.29. The van der Waals surface area contributed by atoms with Gasteiger partial charge in [-0.1, -0.05) is 6.92 Å². The van der Waals surface area contributed by atoms with Gasteiger partial charge in [0.1, 0.15) is 4.90 Å². The summed E-state index contributed by atoms with van der Waals surface area (Å²) in [6, 6.07) is 3.38. The summed E-state index contributed by atoms with van der Waals surface area (Å²) in [5, 5.41) is 10.7. The minimum absolute atomic E-state index is 0.000880. The lowest BCUT2D eigenvalue weighted by molar-refractivity contribution is -0.385. The second kappa shape index (κ2) is 4.46. The van der Waals surface area contributed by atoms with Gasteiger partial charge in [0.15, 0.2) is 0 Å². The highest BCUT2D eigenvalue weighted by Gasteiger charge is 2.38. The molecule has 0 unspecified atom stereocenters. The van der Waals surface area contributed by atoms with E-state index in [-0.39, 0.29) is 21.7 Å². The van der Waals surface area contributed by atoms with Crippen molar-refractivity contribution >= 4 is 21.4 Å². The highest BCUT2D eigenvalue weighted by atomic mass is 32.2. The number of hydrogen-bond acceptors (Lipinski definition) is 5. The quantitative estimate of drug-likeness (QED) is 0.480. The largest absolute Gasteiger partial charge is 0.398 e. The zero-order valence-corrected chi connectivity index (χ0v) is 11.2. The van der Waals surface area contributed by atoms with Crippen LogP contribution in [0.25, 0.3) is 0 Å². The van der Waals surface area contributed by atoms with Crippen molar-refractivity contribution in [2.45, 2.75) is 24.7 Å². The number of nitrogens with one attached hydrogen (secondary N) is 1. The van der Waals surface area contributed by atoms with E-state index in [1.165, 1.54) is 12.1 Å². The summed E-state index contributed by atoms with van der Waals surface area (Å²) < 4.78 is 26.6. The maximum Gasteiger partial charge on any atom is 0.270 e. The fourth-order valence-corrected chi connectivity index (χ4v) is 2.95. The fraction of sp³-hybridized carbons (Fsp3) is 0.455. The molecule has 19 heavy (non-hydrogen) atoms. The topological polar surface area (TPSA) is 115 Å². The van der Waals surface area contributed by atoms with Gasteiger partial charge in [-0.3, -0.25) is 10.1 Å². The Bertz CT molecular complexity index is 623. The van der Waals surface area contributed by atoms with Crippen molar-refractivity contribution in [2.75, 3.05) is 12.3 Å². The van der Waals surface area contributed by atoms with Gasteiger partial charge >= 0.3 is 0 Å². The molecule has 0 aromatic heterocycles. The normalized spacial score (nSPS) is 17.1. The van der Waals surface area contributed by atoms with Gasteiger partial charge in [-0.05, 0) is 24.3 Å². The molecule has 104 valence electrons. The van der Waals surface area contributed by atoms with Gasteiger partial charge in [0.2, 0.25) is 10.0 Å². The summed E-state index contributed by atoms with van der Waals surface area (Å²) in [5.74, 6) is 0. The number of rotatable bonds is 5. The lowest BCUT2D eigenvalue weighted by Crippen LogP contribution is -2.29. The van der Waals surface area contributed by atoms with Crippen LogP contribution in [0, 0.1) is 15.5 Å². The van der Waals surface area contributed by atoms with E-state index in [0.29, 0.717) is 6.54 Å². The van der Waals surface area contributed by atoms with Gasteiger partial charge < -0.3 is 5.73 Å². The summed E-state index contributed by atoms with van der Waals surface area (Å²) in [6.45, 7) is 2.30. The van der Waals surface area contributed by atoms with Crippen LogP contribution in [0.15, 0.2) is 23.1 Å². The molecule has 0 aliphatic heterocycles. The van der Waals surface area contributed by atoms with Gasteiger partial charge in [0.25, 0.3) is 5.69 Å². The van der Waals surface area contributed by atoms with Crippen molar-refractivity contribution in [2.24, 2.45) is 5.41 Å². The van der Waals surface area contributed by atoms with Crippen molar-refractivity contribution in [3.8, 4) is 0 Å². The van der Waals surface area contributed by atoms with Crippen molar-refractivity contribution in [1.29, 1.82) is 0 Å². The zero-order valence-electron chi connectivity index (χ0n) is 10.4. The van der Waals surface area contributed by atoms with Gasteiger partial charge in [-0.2, -0.15) is 0 Å². The first-order valence-corrected chi connectivity index (χ1v) is 7.25. The Labute approximate surface area is 111 Å². The minimum atomic E-state index is -3.82. The number of nitrogens with zero attached hydrogens (tertiary/aromatic N) is 1. The Hall–Kier alpha value is -1.67. The molecule has 1 aromatic rings. The molecule has 2 rings (SSSR count). The molecule has 0 saturated heterocycles. The molecule has 0 spiro atoms. The number of nitrogen functional groups attached to an aromatic ring is 1. The van der Waals surface area contributed by atoms with Crippen LogP contribution in [0.1, 0.15) is 19.8 Å². The lowest BCUT2D eigenvalue weighted by Gasteiger charge is -2.12. The number of benzene rings is 1. The molecule has 1 aliphatic rings. The first kappa shape index (κ1) is 13.8. The monoisotopic (exact) mass is 285 g/mol. The van der Waals surface area contributed by atoms with Crippen molar-refractivity contribution in [3.05, 3.63) is 28.3 Å². The number of nitro benzene ring substituents is 1. The van der Waals surface area contributed by atoms with E-state index in [9.17, 15) is 18.5 Å². The van der Waals surface area contributed by atoms with Gasteiger partial charge in [-0.15, -0.1) is 0 Å². The Balaban J connectivity index is 2.28. The average Bonchev–Trinajstić information content (AvgIpc) is 3.06. The summed E-state index contributed by atoms with van der Waals surface area (Å²) >= 11 is 0. The summed E-state index contributed by atoms with van der Waals surface area (Å²) in [6.07, 6.45) is 1.94. The van der Waals surface area contributed by atoms with Crippen LogP contribution in [-0.2, 0) is 10.0 Å². The SMILES string of the molecule is CC1(CNS(=O)(=O)c2cc([N+](=O)[O-])ccc2N)CC1. The number of nitro groups is 1. The highest BCUT2D eigenvalue weighted by molar-refractivity contribution is 7.89. The molecule has 0 atom stereocenters. The van der Waals surface area contributed by atoms with Crippen LogP contribution < -0.4 is 10.5 Å². The van der Waals surface area contributed by atoms with Crippen LogP contribution in [0.2, 0.25) is 0 Å². The predicted octanol–water partition coefficient (Wildman–Crippen LogP) is 1.26.